The monoisotopic (exact) mass is 447 g/mol. The molecule has 3 aromatic rings. The van der Waals surface area contributed by atoms with Crippen LogP contribution in [0.5, 0.6) is 0 Å². The Kier molecular flexibility index (Phi) is 7.04. The lowest BCUT2D eigenvalue weighted by Crippen LogP contribution is -2.37. The molecule has 5 nitrogen and oxygen atoms in total. The number of halogens is 1. The maximum Gasteiger partial charge on any atom is 0.310 e. The summed E-state index contributed by atoms with van der Waals surface area (Å²) in [4.78, 5) is 15.7. The molecule has 0 aliphatic carbocycles. The second kappa shape index (κ2) is 10.1. The molecular weight excluding hydrogens is 417 g/mol. The highest BCUT2D eigenvalue weighted by atomic mass is 19.1. The lowest BCUT2D eigenvalue weighted by atomic mass is 9.86. The number of benzene rings is 2. The zero-order chi connectivity index (χ0) is 23.4. The first-order valence-corrected chi connectivity index (χ1v) is 11.4. The zero-order valence-electron chi connectivity index (χ0n) is 19.0. The van der Waals surface area contributed by atoms with Gasteiger partial charge in [-0.2, -0.15) is 0 Å². The number of anilines is 1. The number of aromatic nitrogens is 1. The number of hydrogen-bond acceptors (Lipinski definition) is 4. The Morgan fingerprint density at radius 3 is 2.76 bits per heavy atom. The minimum absolute atomic E-state index is 0.111. The highest BCUT2D eigenvalue weighted by Crippen LogP contribution is 2.31. The third kappa shape index (κ3) is 5.40. The summed E-state index contributed by atoms with van der Waals surface area (Å²) < 4.78 is 13.6. The predicted octanol–water partition coefficient (Wildman–Crippen LogP) is 4.88. The van der Waals surface area contributed by atoms with Crippen molar-refractivity contribution in [3.05, 3.63) is 94.6 Å². The number of carboxylic acids is 1. The summed E-state index contributed by atoms with van der Waals surface area (Å²) in [7, 11) is 0. The van der Waals surface area contributed by atoms with E-state index in [1.807, 2.05) is 36.4 Å². The van der Waals surface area contributed by atoms with E-state index in [2.05, 4.69) is 34.7 Å². The number of carboxylic acid groups (broad SMARTS) is 1. The number of nitrogens with one attached hydrogen (secondary N) is 2. The van der Waals surface area contributed by atoms with Crippen molar-refractivity contribution < 1.29 is 14.3 Å². The lowest BCUT2D eigenvalue weighted by Gasteiger charge is -2.33. The van der Waals surface area contributed by atoms with Gasteiger partial charge in [-0.15, -0.1) is 0 Å². The van der Waals surface area contributed by atoms with Crippen LogP contribution in [-0.4, -0.2) is 29.1 Å². The number of fused-ring (bicyclic) bond motifs is 1. The number of hydrogen-bond donors (Lipinski definition) is 3. The molecule has 0 spiro atoms. The molecule has 172 valence electrons. The Labute approximate surface area is 194 Å². The van der Waals surface area contributed by atoms with Crippen LogP contribution in [0.15, 0.2) is 60.8 Å². The second-order valence-corrected chi connectivity index (χ2v) is 8.83. The van der Waals surface area contributed by atoms with E-state index in [4.69, 9.17) is 0 Å². The van der Waals surface area contributed by atoms with Crippen molar-refractivity contribution >= 4 is 11.7 Å². The van der Waals surface area contributed by atoms with Crippen molar-refractivity contribution in [1.82, 2.24) is 10.3 Å². The average Bonchev–Trinajstić information content (AvgIpc) is 2.82. The average molecular weight is 448 g/mol. The quantitative estimate of drug-likeness (QED) is 0.459. The summed E-state index contributed by atoms with van der Waals surface area (Å²) in [5, 5.41) is 16.4. The first-order chi connectivity index (χ1) is 15.9. The highest BCUT2D eigenvalue weighted by molar-refractivity contribution is 5.75. The molecule has 0 unspecified atom stereocenters. The minimum Gasteiger partial charge on any atom is -0.481 e. The summed E-state index contributed by atoms with van der Waals surface area (Å²) >= 11 is 0. The fourth-order valence-electron chi connectivity index (χ4n) is 4.53. The number of nitrogens with zero attached hydrogens (tertiary/aromatic N) is 1. The summed E-state index contributed by atoms with van der Waals surface area (Å²) in [6.45, 7) is 5.27. The van der Waals surface area contributed by atoms with Gasteiger partial charge in [0.1, 0.15) is 5.82 Å². The summed E-state index contributed by atoms with van der Waals surface area (Å²) in [5.74, 6) is -1.41. The molecule has 2 heterocycles. The van der Waals surface area contributed by atoms with E-state index < -0.39 is 11.9 Å². The van der Waals surface area contributed by atoms with Crippen molar-refractivity contribution in [1.29, 1.82) is 0 Å². The first kappa shape index (κ1) is 22.9. The van der Waals surface area contributed by atoms with Gasteiger partial charge in [0, 0.05) is 24.6 Å². The molecule has 0 bridgehead atoms. The van der Waals surface area contributed by atoms with Crippen molar-refractivity contribution in [3.8, 4) is 0 Å². The van der Waals surface area contributed by atoms with Crippen LogP contribution in [0.1, 0.15) is 46.8 Å². The summed E-state index contributed by atoms with van der Waals surface area (Å²) in [5.41, 5.74) is 6.02. The van der Waals surface area contributed by atoms with Gasteiger partial charge in [-0.05, 0) is 55.5 Å². The maximum atomic E-state index is 13.6. The van der Waals surface area contributed by atoms with Crippen LogP contribution < -0.4 is 10.6 Å². The third-order valence-electron chi connectivity index (χ3n) is 6.58. The standard InChI is InChI=1S/C27H30FN3O2/c1-17-8-9-21(18(2)27(32)33)12-20(17)10-11-29-26(19-6-4-3-5-7-19)22-13-24-25(30-15-22)14-23(28)16-31-24/h3-9,12,14,16,18,22,26,29-30H,10-11,13,15H2,1-2H3,(H,32,33)/t18-,22+,26+/m0/s1. The molecule has 1 aliphatic rings. The van der Waals surface area contributed by atoms with Gasteiger partial charge in [0.25, 0.3) is 0 Å². The second-order valence-electron chi connectivity index (χ2n) is 8.83. The number of aryl methyl sites for hydroxylation is 1. The lowest BCUT2D eigenvalue weighted by molar-refractivity contribution is -0.138. The normalized spacial score (nSPS) is 17.0. The van der Waals surface area contributed by atoms with Crippen molar-refractivity contribution in [2.75, 3.05) is 18.4 Å². The van der Waals surface area contributed by atoms with E-state index in [0.29, 0.717) is 0 Å². The Balaban J connectivity index is 1.49. The number of carbonyl (C=O) groups is 1. The molecule has 33 heavy (non-hydrogen) atoms. The van der Waals surface area contributed by atoms with Crippen molar-refractivity contribution in [2.45, 2.75) is 38.6 Å². The van der Waals surface area contributed by atoms with Gasteiger partial charge in [-0.3, -0.25) is 9.78 Å². The van der Waals surface area contributed by atoms with Gasteiger partial charge < -0.3 is 15.7 Å². The van der Waals surface area contributed by atoms with E-state index in [-0.39, 0.29) is 17.8 Å². The first-order valence-electron chi connectivity index (χ1n) is 11.4. The Morgan fingerprint density at radius 1 is 1.21 bits per heavy atom. The topological polar surface area (TPSA) is 74.2 Å². The number of aliphatic carboxylic acids is 1. The molecule has 0 fully saturated rings. The van der Waals surface area contributed by atoms with Crippen LogP contribution in [0, 0.1) is 18.7 Å². The van der Waals surface area contributed by atoms with Crippen LogP contribution in [-0.2, 0) is 17.6 Å². The fourth-order valence-corrected chi connectivity index (χ4v) is 4.53. The molecule has 0 amide bonds. The van der Waals surface area contributed by atoms with E-state index in [0.717, 1.165) is 54.0 Å². The van der Waals surface area contributed by atoms with Crippen molar-refractivity contribution in [3.63, 3.8) is 0 Å². The maximum absolute atomic E-state index is 13.6. The van der Waals surface area contributed by atoms with Crippen molar-refractivity contribution in [2.24, 2.45) is 5.92 Å². The van der Waals surface area contributed by atoms with Crippen LogP contribution in [0.25, 0.3) is 0 Å². The molecule has 4 rings (SSSR count). The largest absolute Gasteiger partial charge is 0.481 e. The van der Waals surface area contributed by atoms with Gasteiger partial charge >= 0.3 is 5.97 Å². The Bertz CT molecular complexity index is 1120. The molecule has 2 aromatic carbocycles. The van der Waals surface area contributed by atoms with E-state index >= 15 is 0 Å². The van der Waals surface area contributed by atoms with E-state index in [9.17, 15) is 14.3 Å². The van der Waals surface area contributed by atoms with Gasteiger partial charge in [-0.25, -0.2) is 4.39 Å². The fraction of sp³-hybridized carbons (Fsp3) is 0.333. The Hall–Kier alpha value is -3.25. The minimum atomic E-state index is -0.814. The molecule has 0 saturated heterocycles. The van der Waals surface area contributed by atoms with Gasteiger partial charge in [0.05, 0.1) is 23.5 Å². The van der Waals surface area contributed by atoms with E-state index in [1.54, 1.807) is 6.92 Å². The molecule has 3 N–H and O–H groups in total. The number of rotatable bonds is 8. The number of pyridine rings is 1. The Morgan fingerprint density at radius 2 is 2.00 bits per heavy atom. The smallest absolute Gasteiger partial charge is 0.310 e. The van der Waals surface area contributed by atoms with Gasteiger partial charge in [0.15, 0.2) is 0 Å². The van der Waals surface area contributed by atoms with E-state index in [1.165, 1.54) is 17.8 Å². The third-order valence-corrected chi connectivity index (χ3v) is 6.58. The van der Waals surface area contributed by atoms with Crippen LogP contribution in [0.4, 0.5) is 10.1 Å². The SMILES string of the molecule is Cc1ccc([C@H](C)C(=O)O)cc1CCN[C@H](c1ccccc1)[C@H]1CNc2cc(F)cnc2C1. The van der Waals surface area contributed by atoms with Crippen LogP contribution in [0.3, 0.4) is 0 Å². The van der Waals surface area contributed by atoms with Gasteiger partial charge in [-0.1, -0.05) is 48.5 Å². The predicted molar refractivity (Wildman–Crippen MR) is 128 cm³/mol. The molecule has 6 heteroatoms. The van der Waals surface area contributed by atoms with Crippen LogP contribution in [0.2, 0.25) is 0 Å². The van der Waals surface area contributed by atoms with Gasteiger partial charge in [0.2, 0.25) is 0 Å². The molecule has 1 aliphatic heterocycles. The molecular formula is C27H30FN3O2. The highest BCUT2D eigenvalue weighted by Gasteiger charge is 2.28. The molecule has 0 radical (unpaired) electrons. The van der Waals surface area contributed by atoms with Crippen LogP contribution >= 0.6 is 0 Å². The molecule has 3 atom stereocenters. The summed E-state index contributed by atoms with van der Waals surface area (Å²) in [6.07, 6.45) is 2.84. The summed E-state index contributed by atoms with van der Waals surface area (Å²) in [6, 6.07) is 17.9. The molecule has 1 aromatic heterocycles. The molecule has 0 saturated carbocycles. The zero-order valence-corrected chi connectivity index (χ0v) is 19.0.